The number of nitrogens with zero attached hydrogens (tertiary/aromatic N) is 2. The topological polar surface area (TPSA) is 133 Å². The zero-order chi connectivity index (χ0) is 22.0. The van der Waals surface area contributed by atoms with Crippen molar-refractivity contribution < 1.29 is 14.4 Å². The SMILES string of the molecule is CC(=O)Nc1ccc(C(N)=O)c(-c2n[nH]c3c2CN(C(=O)NCc2ccccc2)C3)c1. The number of amides is 4. The number of hydrogen-bond donors (Lipinski definition) is 4. The lowest BCUT2D eigenvalue weighted by Gasteiger charge is -2.17. The molecule has 31 heavy (non-hydrogen) atoms. The standard InChI is InChI=1S/C22H22N6O3/c1-13(29)25-15-7-8-16(21(23)30)17(9-15)20-18-11-28(12-19(18)26-27-20)22(31)24-10-14-5-3-2-4-6-14/h2-9H,10-12H2,1H3,(H2,23,30)(H,24,31)(H,25,29)(H,26,27). The average Bonchev–Trinajstić information content (AvgIpc) is 3.33. The molecule has 4 amide bonds. The number of H-pyrrole nitrogens is 1. The molecule has 1 aromatic heterocycles. The minimum absolute atomic E-state index is 0.193. The van der Waals surface area contributed by atoms with Gasteiger partial charge in [0, 0.05) is 35.8 Å². The number of nitrogens with two attached hydrogens (primary N) is 1. The first kappa shape index (κ1) is 20.1. The Morgan fingerprint density at radius 3 is 2.61 bits per heavy atom. The second-order valence-corrected chi connectivity index (χ2v) is 7.34. The van der Waals surface area contributed by atoms with E-state index in [0.717, 1.165) is 16.8 Å². The van der Waals surface area contributed by atoms with Gasteiger partial charge in [-0.2, -0.15) is 5.10 Å². The monoisotopic (exact) mass is 418 g/mol. The van der Waals surface area contributed by atoms with Crippen LogP contribution in [0, 0.1) is 0 Å². The van der Waals surface area contributed by atoms with Crippen LogP contribution in [0.15, 0.2) is 48.5 Å². The molecule has 158 valence electrons. The van der Waals surface area contributed by atoms with Gasteiger partial charge in [-0.05, 0) is 23.8 Å². The van der Waals surface area contributed by atoms with Gasteiger partial charge in [0.25, 0.3) is 0 Å². The summed E-state index contributed by atoms with van der Waals surface area (Å²) in [5.41, 5.74) is 10.0. The minimum atomic E-state index is -0.600. The maximum absolute atomic E-state index is 12.6. The molecule has 3 aromatic rings. The molecule has 1 aliphatic rings. The lowest BCUT2D eigenvalue weighted by Crippen LogP contribution is -2.36. The summed E-state index contributed by atoms with van der Waals surface area (Å²) in [7, 11) is 0. The highest BCUT2D eigenvalue weighted by molar-refractivity contribution is 6.01. The number of aromatic amines is 1. The van der Waals surface area contributed by atoms with Gasteiger partial charge >= 0.3 is 6.03 Å². The fraction of sp³-hybridized carbons (Fsp3) is 0.182. The van der Waals surface area contributed by atoms with E-state index in [-0.39, 0.29) is 17.5 Å². The lowest BCUT2D eigenvalue weighted by atomic mass is 9.99. The molecule has 2 aromatic carbocycles. The second kappa shape index (κ2) is 8.31. The number of carbonyl (C=O) groups excluding carboxylic acids is 3. The number of anilines is 1. The van der Waals surface area contributed by atoms with Crippen LogP contribution in [0.2, 0.25) is 0 Å². The second-order valence-electron chi connectivity index (χ2n) is 7.34. The molecule has 4 rings (SSSR count). The molecule has 1 aliphatic heterocycles. The van der Waals surface area contributed by atoms with E-state index in [1.54, 1.807) is 23.1 Å². The van der Waals surface area contributed by atoms with E-state index in [2.05, 4.69) is 20.8 Å². The van der Waals surface area contributed by atoms with Gasteiger partial charge in [-0.3, -0.25) is 14.7 Å². The van der Waals surface area contributed by atoms with Gasteiger partial charge in [0.2, 0.25) is 11.8 Å². The molecule has 0 radical (unpaired) electrons. The number of carbonyl (C=O) groups is 3. The fourth-order valence-corrected chi connectivity index (χ4v) is 3.63. The predicted octanol–water partition coefficient (Wildman–Crippen LogP) is 2.36. The Labute approximate surface area is 178 Å². The number of urea groups is 1. The number of rotatable bonds is 5. The third-order valence-corrected chi connectivity index (χ3v) is 5.09. The van der Waals surface area contributed by atoms with Gasteiger partial charge < -0.3 is 21.3 Å². The molecule has 9 heteroatoms. The van der Waals surface area contributed by atoms with Gasteiger partial charge in [-0.25, -0.2) is 4.79 Å². The van der Waals surface area contributed by atoms with Crippen molar-refractivity contribution in [1.29, 1.82) is 0 Å². The molecule has 0 fully saturated rings. The van der Waals surface area contributed by atoms with Crippen molar-refractivity contribution in [2.75, 3.05) is 5.32 Å². The zero-order valence-electron chi connectivity index (χ0n) is 16.9. The van der Waals surface area contributed by atoms with E-state index >= 15 is 0 Å². The number of primary amides is 1. The van der Waals surface area contributed by atoms with Crippen molar-refractivity contribution in [3.63, 3.8) is 0 Å². The third-order valence-electron chi connectivity index (χ3n) is 5.09. The highest BCUT2D eigenvalue weighted by Gasteiger charge is 2.30. The summed E-state index contributed by atoms with van der Waals surface area (Å²) < 4.78 is 0. The summed E-state index contributed by atoms with van der Waals surface area (Å²) in [6.07, 6.45) is 0. The van der Waals surface area contributed by atoms with Crippen molar-refractivity contribution in [2.24, 2.45) is 5.73 Å². The van der Waals surface area contributed by atoms with Gasteiger partial charge in [-0.15, -0.1) is 0 Å². The maximum Gasteiger partial charge on any atom is 0.318 e. The lowest BCUT2D eigenvalue weighted by molar-refractivity contribution is -0.114. The molecule has 0 bridgehead atoms. The van der Waals surface area contributed by atoms with Crippen LogP contribution in [0.1, 0.15) is 34.1 Å². The summed E-state index contributed by atoms with van der Waals surface area (Å²) in [6.45, 7) is 2.55. The number of benzene rings is 2. The number of fused-ring (bicyclic) bond motifs is 1. The minimum Gasteiger partial charge on any atom is -0.366 e. The molecule has 0 aliphatic carbocycles. The van der Waals surface area contributed by atoms with Crippen LogP contribution >= 0.6 is 0 Å². The van der Waals surface area contributed by atoms with Crippen LogP contribution in [0.4, 0.5) is 10.5 Å². The van der Waals surface area contributed by atoms with E-state index in [0.29, 0.717) is 36.6 Å². The highest BCUT2D eigenvalue weighted by Crippen LogP contribution is 2.34. The summed E-state index contributed by atoms with van der Waals surface area (Å²) in [4.78, 5) is 37.7. The van der Waals surface area contributed by atoms with Gasteiger partial charge in [0.15, 0.2) is 0 Å². The first-order chi connectivity index (χ1) is 14.9. The normalized spacial score (nSPS) is 12.4. The highest BCUT2D eigenvalue weighted by atomic mass is 16.2. The average molecular weight is 418 g/mol. The van der Waals surface area contributed by atoms with Crippen molar-refractivity contribution in [3.8, 4) is 11.3 Å². The number of nitrogens with one attached hydrogen (secondary N) is 3. The molecule has 0 atom stereocenters. The van der Waals surface area contributed by atoms with E-state index in [1.165, 1.54) is 6.92 Å². The van der Waals surface area contributed by atoms with Crippen LogP contribution in [0.3, 0.4) is 0 Å². The van der Waals surface area contributed by atoms with E-state index < -0.39 is 5.91 Å². The van der Waals surface area contributed by atoms with Crippen molar-refractivity contribution in [2.45, 2.75) is 26.6 Å². The fourth-order valence-electron chi connectivity index (χ4n) is 3.63. The summed E-state index contributed by atoms with van der Waals surface area (Å²) in [5, 5.41) is 12.9. The van der Waals surface area contributed by atoms with Crippen molar-refractivity contribution in [1.82, 2.24) is 20.4 Å². The Hall–Kier alpha value is -4.14. The largest absolute Gasteiger partial charge is 0.366 e. The predicted molar refractivity (Wildman–Crippen MR) is 115 cm³/mol. The van der Waals surface area contributed by atoms with Gasteiger partial charge in [-0.1, -0.05) is 30.3 Å². The van der Waals surface area contributed by atoms with Crippen molar-refractivity contribution in [3.05, 3.63) is 70.9 Å². The zero-order valence-corrected chi connectivity index (χ0v) is 16.9. The van der Waals surface area contributed by atoms with E-state index in [1.807, 2.05) is 30.3 Å². The van der Waals surface area contributed by atoms with Crippen LogP contribution in [0.25, 0.3) is 11.3 Å². The van der Waals surface area contributed by atoms with Crippen LogP contribution < -0.4 is 16.4 Å². The Balaban J connectivity index is 1.55. The van der Waals surface area contributed by atoms with Gasteiger partial charge in [0.05, 0.1) is 24.5 Å². The van der Waals surface area contributed by atoms with E-state index in [9.17, 15) is 14.4 Å². The smallest absolute Gasteiger partial charge is 0.318 e. The molecule has 5 N–H and O–H groups in total. The Bertz CT molecular complexity index is 1160. The summed E-state index contributed by atoms with van der Waals surface area (Å²) >= 11 is 0. The number of aromatic nitrogens is 2. The summed E-state index contributed by atoms with van der Waals surface area (Å²) in [6, 6.07) is 14.3. The van der Waals surface area contributed by atoms with Crippen LogP contribution in [0.5, 0.6) is 0 Å². The maximum atomic E-state index is 12.6. The van der Waals surface area contributed by atoms with Crippen LogP contribution in [-0.4, -0.2) is 32.9 Å². The molecule has 2 heterocycles. The first-order valence-electron chi connectivity index (χ1n) is 9.77. The molecule has 0 spiro atoms. The van der Waals surface area contributed by atoms with E-state index in [4.69, 9.17) is 5.73 Å². The summed E-state index contributed by atoms with van der Waals surface area (Å²) in [5.74, 6) is -0.831. The molecule has 0 saturated heterocycles. The van der Waals surface area contributed by atoms with Crippen molar-refractivity contribution >= 4 is 23.5 Å². The third kappa shape index (κ3) is 4.25. The molecule has 9 nitrogen and oxygen atoms in total. The first-order valence-corrected chi connectivity index (χ1v) is 9.77. The Morgan fingerprint density at radius 2 is 1.90 bits per heavy atom. The molecule has 0 saturated carbocycles. The molecular weight excluding hydrogens is 396 g/mol. The number of hydrogen-bond acceptors (Lipinski definition) is 4. The van der Waals surface area contributed by atoms with Crippen LogP contribution in [-0.2, 0) is 24.4 Å². The Kier molecular flexibility index (Phi) is 5.40. The van der Waals surface area contributed by atoms with Gasteiger partial charge in [0.1, 0.15) is 0 Å². The quantitative estimate of drug-likeness (QED) is 0.506. The molecular formula is C22H22N6O3. The molecule has 0 unspecified atom stereocenters. The Morgan fingerprint density at radius 1 is 1.13 bits per heavy atom.